The number of hydrogen-bond donors (Lipinski definition) is 7. The Balaban J connectivity index is 0.000000332. The lowest BCUT2D eigenvalue weighted by molar-refractivity contribution is -0.351. The molecule has 0 spiro atoms. The van der Waals surface area contributed by atoms with Crippen molar-refractivity contribution in [2.24, 2.45) is 0 Å². The molecule has 0 saturated carbocycles. The van der Waals surface area contributed by atoms with Gasteiger partial charge < -0.3 is 53.6 Å². The van der Waals surface area contributed by atoms with E-state index in [1.165, 1.54) is 0 Å². The molecule has 0 aliphatic rings. The van der Waals surface area contributed by atoms with Gasteiger partial charge in [0.05, 0.1) is 7.82 Å². The molecule has 128 valence electrons. The number of hydrogen-bond acceptors (Lipinski definition) is 13. The summed E-state index contributed by atoms with van der Waals surface area (Å²) >= 11 is 0. The van der Waals surface area contributed by atoms with Crippen molar-refractivity contribution in [2.45, 2.75) is 0 Å². The SMILES string of the molecule is Nc1nc(N)[nH+]c(N)n1.Nc1nc(N)[nH+]c(N)n1.O=P([O-])([O-])O. The van der Waals surface area contributed by atoms with Crippen molar-refractivity contribution in [3.8, 4) is 0 Å². The summed E-state index contributed by atoms with van der Waals surface area (Å²) in [6, 6.07) is 0. The molecule has 2 heterocycles. The second kappa shape index (κ2) is 8.39. The maximum Gasteiger partial charge on any atom is 0.320 e. The average molecular weight is 350 g/mol. The minimum Gasteiger partial charge on any atom is -0.790 e. The van der Waals surface area contributed by atoms with E-state index < -0.39 is 7.82 Å². The van der Waals surface area contributed by atoms with Crippen LogP contribution in [0.25, 0.3) is 0 Å². The molecule has 0 bridgehead atoms. The molecule has 17 heteroatoms. The predicted octanol–water partition coefficient (Wildman–Crippen LogP) is -6.12. The zero-order valence-corrected chi connectivity index (χ0v) is 12.3. The standard InChI is InChI=1S/2C3H6N6.H3O4P/c2*4-1-7-2(5)9-3(6)8-1;1-5(2,3)4/h2*(H6,4,5,6,7,8,9);(H3,1,2,3,4). The number of nitrogens with one attached hydrogen (secondary N) is 2. The number of nitrogens with zero attached hydrogens (tertiary/aromatic N) is 4. The van der Waals surface area contributed by atoms with Gasteiger partial charge >= 0.3 is 35.7 Å². The molecule has 0 aliphatic carbocycles. The number of anilines is 6. The summed E-state index contributed by atoms with van der Waals surface area (Å²) in [6.45, 7) is 0. The summed E-state index contributed by atoms with van der Waals surface area (Å²) in [6.07, 6.45) is 0. The molecule has 0 atom stereocenters. The zero-order chi connectivity index (χ0) is 18.2. The summed E-state index contributed by atoms with van der Waals surface area (Å²) in [7, 11) is -5.14. The Kier molecular flexibility index (Phi) is 7.27. The van der Waals surface area contributed by atoms with E-state index in [0.717, 1.165) is 0 Å². The van der Waals surface area contributed by atoms with Gasteiger partial charge in [-0.2, -0.15) is 0 Å². The van der Waals surface area contributed by atoms with E-state index in [9.17, 15) is 0 Å². The normalized spacial score (nSPS) is 9.87. The minimum atomic E-state index is -5.14. The second-order valence-electron chi connectivity index (χ2n) is 3.42. The highest BCUT2D eigenvalue weighted by Gasteiger charge is 2.01. The van der Waals surface area contributed by atoms with Gasteiger partial charge in [-0.25, -0.2) is 9.97 Å². The van der Waals surface area contributed by atoms with E-state index in [1.54, 1.807) is 0 Å². The quantitative estimate of drug-likeness (QED) is 0.217. The third kappa shape index (κ3) is 12.4. The van der Waals surface area contributed by atoms with Gasteiger partial charge in [-0.3, -0.25) is 0 Å². The molecule has 0 fully saturated rings. The van der Waals surface area contributed by atoms with Crippen LogP contribution in [0, 0.1) is 0 Å². The van der Waals surface area contributed by atoms with Crippen LogP contribution in [0.1, 0.15) is 0 Å². The fourth-order valence-corrected chi connectivity index (χ4v) is 0.918. The first kappa shape index (κ1) is 19.9. The molecule has 2 aromatic heterocycles. The van der Waals surface area contributed by atoms with E-state index in [-0.39, 0.29) is 35.7 Å². The first-order chi connectivity index (χ1) is 10.4. The van der Waals surface area contributed by atoms with Crippen molar-refractivity contribution in [1.29, 1.82) is 0 Å². The fraction of sp³-hybridized carbons (Fsp3) is 0. The summed E-state index contributed by atoms with van der Waals surface area (Å²) in [5.74, 6) is 0.813. The molecule has 23 heavy (non-hydrogen) atoms. The number of rotatable bonds is 0. The highest BCUT2D eigenvalue weighted by molar-refractivity contribution is 7.42. The molecule has 0 aromatic carbocycles. The maximum absolute atomic E-state index is 8.66. The number of nitrogens with two attached hydrogens (primary N) is 6. The molecule has 16 nitrogen and oxygen atoms in total. The van der Waals surface area contributed by atoms with Crippen LogP contribution in [0.2, 0.25) is 0 Å². The average Bonchev–Trinajstić information content (AvgIpc) is 2.22. The van der Waals surface area contributed by atoms with Crippen LogP contribution in [0.3, 0.4) is 0 Å². The van der Waals surface area contributed by atoms with E-state index >= 15 is 0 Å². The predicted molar refractivity (Wildman–Crippen MR) is 73.5 cm³/mol. The van der Waals surface area contributed by atoms with Crippen LogP contribution in [0.5, 0.6) is 0 Å². The third-order valence-electron chi connectivity index (χ3n) is 1.45. The van der Waals surface area contributed by atoms with Gasteiger partial charge in [0.2, 0.25) is 0 Å². The van der Waals surface area contributed by atoms with E-state index in [4.69, 9.17) is 53.6 Å². The molecule has 0 radical (unpaired) electrons. The van der Waals surface area contributed by atoms with Crippen molar-refractivity contribution in [1.82, 2.24) is 19.9 Å². The highest BCUT2D eigenvalue weighted by atomic mass is 31.2. The smallest absolute Gasteiger partial charge is 0.320 e. The molecule has 15 N–H and O–H groups in total. The lowest BCUT2D eigenvalue weighted by Crippen LogP contribution is -2.20. The molecular formula is C6H15N12O4P. The summed E-state index contributed by atoms with van der Waals surface area (Å²) in [4.78, 5) is 43.4. The Morgan fingerprint density at radius 1 is 0.739 bits per heavy atom. The Hall–Kier alpha value is -3.07. The van der Waals surface area contributed by atoms with Crippen LogP contribution in [-0.4, -0.2) is 24.8 Å². The van der Waals surface area contributed by atoms with Crippen molar-refractivity contribution in [3.05, 3.63) is 0 Å². The van der Waals surface area contributed by atoms with Gasteiger partial charge in [-0.05, 0) is 0 Å². The first-order valence-electron chi connectivity index (χ1n) is 5.27. The van der Waals surface area contributed by atoms with Gasteiger partial charge in [-0.1, -0.05) is 19.9 Å². The van der Waals surface area contributed by atoms with Gasteiger partial charge in [0.1, 0.15) is 0 Å². The summed E-state index contributed by atoms with van der Waals surface area (Å²) < 4.78 is 8.66. The van der Waals surface area contributed by atoms with Crippen LogP contribution < -0.4 is 54.2 Å². The molecule has 0 amide bonds. The maximum atomic E-state index is 8.66. The summed E-state index contributed by atoms with van der Waals surface area (Å²) in [5, 5.41) is 0. The Bertz CT molecular complexity index is 533. The van der Waals surface area contributed by atoms with Crippen molar-refractivity contribution >= 4 is 43.5 Å². The second-order valence-corrected chi connectivity index (χ2v) is 4.36. The van der Waals surface area contributed by atoms with Crippen molar-refractivity contribution in [2.75, 3.05) is 34.4 Å². The number of aromatic nitrogens is 6. The lowest BCUT2D eigenvalue weighted by atomic mass is 10.9. The summed E-state index contributed by atoms with van der Waals surface area (Å²) in [5.41, 5.74) is 31.1. The number of H-pyrrole nitrogens is 2. The molecule has 0 aliphatic heterocycles. The van der Waals surface area contributed by atoms with E-state index in [2.05, 4.69) is 29.9 Å². The lowest BCUT2D eigenvalue weighted by Gasteiger charge is -2.19. The highest BCUT2D eigenvalue weighted by Crippen LogP contribution is 2.11. The molecule has 0 saturated heterocycles. The molecular weight excluding hydrogens is 335 g/mol. The minimum absolute atomic E-state index is 0.0729. The zero-order valence-electron chi connectivity index (χ0n) is 11.4. The van der Waals surface area contributed by atoms with Crippen LogP contribution >= 0.6 is 7.82 Å². The van der Waals surface area contributed by atoms with Crippen LogP contribution in [0.4, 0.5) is 35.7 Å². The monoisotopic (exact) mass is 350 g/mol. The van der Waals surface area contributed by atoms with Gasteiger partial charge in [0.25, 0.3) is 0 Å². The topological polar surface area (TPSA) is 319 Å². The number of nitrogen functional groups attached to an aromatic ring is 6. The largest absolute Gasteiger partial charge is 0.790 e. The van der Waals surface area contributed by atoms with Gasteiger partial charge in [-0.15, -0.1) is 0 Å². The molecule has 2 aromatic rings. The first-order valence-corrected chi connectivity index (χ1v) is 6.76. The van der Waals surface area contributed by atoms with Crippen molar-refractivity contribution in [3.63, 3.8) is 0 Å². The Morgan fingerprint density at radius 2 is 0.913 bits per heavy atom. The van der Waals surface area contributed by atoms with Crippen LogP contribution in [0.15, 0.2) is 0 Å². The van der Waals surface area contributed by atoms with Gasteiger partial charge in [0.15, 0.2) is 0 Å². The fourth-order valence-electron chi connectivity index (χ4n) is 0.918. The molecule has 0 unspecified atom stereocenters. The van der Waals surface area contributed by atoms with E-state index in [1.807, 2.05) is 0 Å². The van der Waals surface area contributed by atoms with E-state index in [0.29, 0.717) is 0 Å². The Morgan fingerprint density at radius 3 is 1.04 bits per heavy atom. The number of aromatic amines is 2. The van der Waals surface area contributed by atoms with Gasteiger partial charge in [0, 0.05) is 0 Å². The third-order valence-corrected chi connectivity index (χ3v) is 1.45. The van der Waals surface area contributed by atoms with Crippen molar-refractivity contribution < 1.29 is 29.2 Å². The molecule has 2 rings (SSSR count). The number of phosphoric acid groups is 1. The van der Waals surface area contributed by atoms with Crippen LogP contribution in [-0.2, 0) is 4.57 Å². The Labute approximate surface area is 128 Å².